The number of likely N-dealkylation sites (N-methyl/N-ethyl adjacent to an activating group) is 2. The zero-order valence-electron chi connectivity index (χ0n) is 18.2. The number of amides is 2. The summed E-state index contributed by atoms with van der Waals surface area (Å²) in [5.74, 6) is -0.353. The first kappa shape index (κ1) is 19.9. The van der Waals surface area contributed by atoms with E-state index in [-0.39, 0.29) is 23.9 Å². The molecule has 1 fully saturated rings. The van der Waals surface area contributed by atoms with Crippen LogP contribution in [-0.2, 0) is 4.79 Å². The second kappa shape index (κ2) is 7.88. The van der Waals surface area contributed by atoms with E-state index in [4.69, 9.17) is 0 Å². The van der Waals surface area contributed by atoms with E-state index in [2.05, 4.69) is 11.1 Å². The molecule has 2 atom stereocenters. The molecule has 5 rings (SSSR count). The molecule has 0 bridgehead atoms. The third kappa shape index (κ3) is 3.23. The predicted molar refractivity (Wildman–Crippen MR) is 122 cm³/mol. The van der Waals surface area contributed by atoms with Crippen LogP contribution in [-0.4, -0.2) is 46.7 Å². The summed E-state index contributed by atoms with van der Waals surface area (Å²) in [7, 11) is 3.77. The number of aromatic amines is 1. The molecule has 2 aliphatic rings. The molecule has 2 unspecified atom stereocenters. The third-order valence-electron chi connectivity index (χ3n) is 7.26. The maximum atomic E-state index is 14.0. The second-order valence-corrected chi connectivity index (χ2v) is 8.96. The number of carbonyl (C=O) groups is 2. The molecule has 2 heterocycles. The lowest BCUT2D eigenvalue weighted by Crippen LogP contribution is -2.48. The quantitative estimate of drug-likeness (QED) is 0.664. The van der Waals surface area contributed by atoms with Crippen molar-refractivity contribution < 1.29 is 9.59 Å². The Morgan fingerprint density at radius 3 is 2.52 bits per heavy atom. The number of nitrogens with zero attached hydrogens (tertiary/aromatic N) is 2. The summed E-state index contributed by atoms with van der Waals surface area (Å²) >= 11 is 0. The molecule has 1 aromatic heterocycles. The Bertz CT molecular complexity index is 1130. The normalized spacial score (nSPS) is 21.9. The average molecular weight is 416 g/mol. The van der Waals surface area contributed by atoms with Crippen molar-refractivity contribution in [2.75, 3.05) is 14.1 Å². The Balaban J connectivity index is 1.64. The van der Waals surface area contributed by atoms with E-state index < -0.39 is 5.92 Å². The predicted octanol–water partition coefficient (Wildman–Crippen LogP) is 4.87. The van der Waals surface area contributed by atoms with Crippen molar-refractivity contribution in [1.82, 2.24) is 14.8 Å². The van der Waals surface area contributed by atoms with E-state index in [0.29, 0.717) is 5.56 Å². The number of fused-ring (bicyclic) bond motifs is 2. The van der Waals surface area contributed by atoms with Crippen LogP contribution in [0.3, 0.4) is 0 Å². The van der Waals surface area contributed by atoms with Gasteiger partial charge in [0.05, 0.1) is 12.0 Å². The minimum Gasteiger partial charge on any atom is -0.361 e. The van der Waals surface area contributed by atoms with Gasteiger partial charge in [0.2, 0.25) is 5.91 Å². The molecule has 1 saturated carbocycles. The number of para-hydroxylation sites is 1. The van der Waals surface area contributed by atoms with Gasteiger partial charge in [0.25, 0.3) is 5.91 Å². The van der Waals surface area contributed by atoms with Gasteiger partial charge in [-0.05, 0) is 30.5 Å². The lowest BCUT2D eigenvalue weighted by atomic mass is 9.78. The lowest BCUT2D eigenvalue weighted by Gasteiger charge is -2.42. The fourth-order valence-corrected chi connectivity index (χ4v) is 5.54. The summed E-state index contributed by atoms with van der Waals surface area (Å²) in [6.45, 7) is 0. The first-order chi connectivity index (χ1) is 15.1. The Hall–Kier alpha value is -3.08. The van der Waals surface area contributed by atoms with Crippen LogP contribution in [0.15, 0.2) is 54.7 Å². The molecule has 2 aromatic carbocycles. The number of hydrogen-bond donors (Lipinski definition) is 1. The van der Waals surface area contributed by atoms with Crippen molar-refractivity contribution in [3.8, 4) is 0 Å². The first-order valence-corrected chi connectivity index (χ1v) is 11.3. The molecule has 0 radical (unpaired) electrons. The Labute approximate surface area is 183 Å². The van der Waals surface area contributed by atoms with Crippen LogP contribution < -0.4 is 0 Å². The van der Waals surface area contributed by atoms with E-state index in [1.165, 1.54) is 19.3 Å². The number of rotatable bonds is 3. The molecule has 1 aliphatic heterocycles. The molecular formula is C26H29N3O2. The van der Waals surface area contributed by atoms with Crippen LogP contribution in [0.5, 0.6) is 0 Å². The topological polar surface area (TPSA) is 56.4 Å². The van der Waals surface area contributed by atoms with Crippen LogP contribution in [0.25, 0.3) is 10.9 Å². The molecule has 160 valence electrons. The highest BCUT2D eigenvalue weighted by atomic mass is 16.2. The van der Waals surface area contributed by atoms with Crippen LogP contribution in [0.4, 0.5) is 0 Å². The molecular weight excluding hydrogens is 386 g/mol. The third-order valence-corrected chi connectivity index (χ3v) is 7.26. The Morgan fingerprint density at radius 1 is 1.00 bits per heavy atom. The molecule has 31 heavy (non-hydrogen) atoms. The van der Waals surface area contributed by atoms with E-state index >= 15 is 0 Å². The molecule has 0 spiro atoms. The largest absolute Gasteiger partial charge is 0.361 e. The summed E-state index contributed by atoms with van der Waals surface area (Å²) in [5.41, 5.74) is 3.49. The molecule has 3 aromatic rings. The van der Waals surface area contributed by atoms with Gasteiger partial charge in [-0.3, -0.25) is 9.59 Å². The Kier molecular flexibility index (Phi) is 5.05. The highest BCUT2D eigenvalue weighted by Crippen LogP contribution is 2.45. The van der Waals surface area contributed by atoms with Gasteiger partial charge >= 0.3 is 0 Å². The summed E-state index contributed by atoms with van der Waals surface area (Å²) < 4.78 is 0. The monoisotopic (exact) mass is 415 g/mol. The molecule has 1 N–H and O–H groups in total. The molecule has 0 saturated heterocycles. The van der Waals surface area contributed by atoms with Crippen molar-refractivity contribution in [3.05, 3.63) is 71.4 Å². The van der Waals surface area contributed by atoms with Gasteiger partial charge in [0.15, 0.2) is 0 Å². The zero-order valence-corrected chi connectivity index (χ0v) is 18.2. The number of hydrogen-bond acceptors (Lipinski definition) is 2. The smallest absolute Gasteiger partial charge is 0.254 e. The van der Waals surface area contributed by atoms with Crippen molar-refractivity contribution in [2.24, 2.45) is 0 Å². The van der Waals surface area contributed by atoms with Gasteiger partial charge in [-0.2, -0.15) is 0 Å². The average Bonchev–Trinajstić information content (AvgIpc) is 3.24. The number of benzene rings is 2. The second-order valence-electron chi connectivity index (χ2n) is 8.96. The Morgan fingerprint density at radius 2 is 1.71 bits per heavy atom. The number of aromatic nitrogens is 1. The minimum atomic E-state index is -0.426. The summed E-state index contributed by atoms with van der Waals surface area (Å²) in [6, 6.07) is 15.6. The highest BCUT2D eigenvalue weighted by molar-refractivity contribution is 6.02. The van der Waals surface area contributed by atoms with Gasteiger partial charge in [-0.1, -0.05) is 55.7 Å². The van der Waals surface area contributed by atoms with Gasteiger partial charge in [0.1, 0.15) is 0 Å². The van der Waals surface area contributed by atoms with Crippen molar-refractivity contribution in [2.45, 2.75) is 50.1 Å². The van der Waals surface area contributed by atoms with Gasteiger partial charge in [-0.25, -0.2) is 0 Å². The van der Waals surface area contributed by atoms with Crippen LogP contribution in [0, 0.1) is 0 Å². The molecule has 5 nitrogen and oxygen atoms in total. The fraction of sp³-hybridized carbons (Fsp3) is 0.385. The van der Waals surface area contributed by atoms with Crippen molar-refractivity contribution >= 4 is 22.7 Å². The van der Waals surface area contributed by atoms with E-state index in [1.54, 1.807) is 4.90 Å². The SMILES string of the molecule is CN(C(=O)C1c2ccccc2C(=O)N(C)C1c1c[nH]c2ccccc12)C1CCCCC1. The van der Waals surface area contributed by atoms with Crippen molar-refractivity contribution in [3.63, 3.8) is 0 Å². The van der Waals surface area contributed by atoms with Gasteiger partial charge in [0, 0.05) is 48.4 Å². The summed E-state index contributed by atoms with van der Waals surface area (Å²) in [4.78, 5) is 34.4. The van der Waals surface area contributed by atoms with E-state index in [0.717, 1.165) is 34.9 Å². The fourth-order valence-electron chi connectivity index (χ4n) is 5.54. The highest BCUT2D eigenvalue weighted by Gasteiger charge is 2.45. The van der Waals surface area contributed by atoms with E-state index in [1.807, 2.05) is 67.7 Å². The molecule has 2 amide bonds. The minimum absolute atomic E-state index is 0.0322. The van der Waals surface area contributed by atoms with Crippen molar-refractivity contribution in [1.29, 1.82) is 0 Å². The maximum absolute atomic E-state index is 14.0. The summed E-state index contributed by atoms with van der Waals surface area (Å²) in [5, 5.41) is 1.06. The zero-order chi connectivity index (χ0) is 21.5. The van der Waals surface area contributed by atoms with Crippen LogP contribution >= 0.6 is 0 Å². The maximum Gasteiger partial charge on any atom is 0.254 e. The molecule has 5 heteroatoms. The van der Waals surface area contributed by atoms with Gasteiger partial charge < -0.3 is 14.8 Å². The standard InChI is InChI=1S/C26H29N3O2/c1-28(17-10-4-3-5-11-17)26(31)23-19-13-6-7-14-20(19)25(30)29(2)24(23)21-16-27-22-15-9-8-12-18(21)22/h6-9,12-17,23-24,27H,3-5,10-11H2,1-2H3. The van der Waals surface area contributed by atoms with Crippen LogP contribution in [0.1, 0.15) is 65.5 Å². The number of nitrogens with one attached hydrogen (secondary N) is 1. The molecule has 1 aliphatic carbocycles. The van der Waals surface area contributed by atoms with Gasteiger partial charge in [-0.15, -0.1) is 0 Å². The van der Waals surface area contributed by atoms with Crippen LogP contribution in [0.2, 0.25) is 0 Å². The van der Waals surface area contributed by atoms with E-state index in [9.17, 15) is 9.59 Å². The summed E-state index contributed by atoms with van der Waals surface area (Å²) in [6.07, 6.45) is 7.68. The first-order valence-electron chi connectivity index (χ1n) is 11.3. The number of carbonyl (C=O) groups excluding carboxylic acids is 2. The number of H-pyrrole nitrogens is 1. The lowest BCUT2D eigenvalue weighted by molar-refractivity contribution is -0.135.